The lowest BCUT2D eigenvalue weighted by Gasteiger charge is -2.30. The minimum Gasteiger partial charge on any atom is -0.368 e. The lowest BCUT2D eigenvalue weighted by atomic mass is 10.2. The van der Waals surface area contributed by atoms with Gasteiger partial charge in [-0.15, -0.1) is 11.3 Å². The summed E-state index contributed by atoms with van der Waals surface area (Å²) in [7, 11) is 0. The summed E-state index contributed by atoms with van der Waals surface area (Å²) >= 11 is 1.65. The van der Waals surface area contributed by atoms with Crippen LogP contribution in [0.3, 0.4) is 0 Å². The van der Waals surface area contributed by atoms with E-state index in [1.807, 2.05) is 12.3 Å². The first-order valence-corrected chi connectivity index (χ1v) is 6.63. The number of ether oxygens (including phenoxy) is 1. The first-order valence-electron chi connectivity index (χ1n) is 5.75. The predicted octanol–water partition coefficient (Wildman–Crippen LogP) is 1.56. The number of nitrogens with zero attached hydrogens (tertiary/aromatic N) is 2. The van der Waals surface area contributed by atoms with Gasteiger partial charge >= 0.3 is 0 Å². The summed E-state index contributed by atoms with van der Waals surface area (Å²) in [5.74, 6) is 0. The highest BCUT2D eigenvalue weighted by Gasteiger charge is 2.23. The summed E-state index contributed by atoms with van der Waals surface area (Å²) in [5, 5.41) is 3.10. The highest BCUT2D eigenvalue weighted by Crippen LogP contribution is 2.26. The van der Waals surface area contributed by atoms with Crippen LogP contribution in [0.15, 0.2) is 5.38 Å². The highest BCUT2D eigenvalue weighted by molar-refractivity contribution is 7.09. The Morgan fingerprint density at radius 3 is 3.19 bits per heavy atom. The summed E-state index contributed by atoms with van der Waals surface area (Å²) in [5.41, 5.74) is 6.77. The van der Waals surface area contributed by atoms with Gasteiger partial charge in [0.1, 0.15) is 11.1 Å². The second-order valence-corrected chi connectivity index (χ2v) is 5.04. The van der Waals surface area contributed by atoms with Gasteiger partial charge in [-0.2, -0.15) is 0 Å². The number of hydrogen-bond acceptors (Lipinski definition) is 5. The molecule has 1 fully saturated rings. The number of rotatable bonds is 3. The molecule has 0 aromatic carbocycles. The summed E-state index contributed by atoms with van der Waals surface area (Å²) in [6.07, 6.45) is 0.131. The minimum absolute atomic E-state index is 0.0101. The third kappa shape index (κ3) is 2.60. The number of nitrogens with two attached hydrogens (primary N) is 1. The largest absolute Gasteiger partial charge is 0.368 e. The van der Waals surface area contributed by atoms with Gasteiger partial charge in [0.2, 0.25) is 0 Å². The number of likely N-dealkylation sites (N-methyl/N-ethyl adjacent to an activating group) is 1. The topological polar surface area (TPSA) is 51.4 Å². The van der Waals surface area contributed by atoms with E-state index in [2.05, 4.69) is 16.8 Å². The first kappa shape index (κ1) is 12.0. The molecule has 2 atom stereocenters. The van der Waals surface area contributed by atoms with Crippen molar-refractivity contribution in [2.75, 3.05) is 26.2 Å². The third-order valence-corrected chi connectivity index (χ3v) is 3.83. The van der Waals surface area contributed by atoms with E-state index in [0.29, 0.717) is 0 Å². The zero-order valence-electron chi connectivity index (χ0n) is 9.85. The SMILES string of the molecule is CCN1CCOC(c2nc(C(C)N)cs2)C1. The molecule has 0 bridgehead atoms. The van der Waals surface area contributed by atoms with E-state index in [1.165, 1.54) is 0 Å². The average Bonchev–Trinajstić information content (AvgIpc) is 2.78. The molecule has 1 saturated heterocycles. The molecule has 2 unspecified atom stereocenters. The van der Waals surface area contributed by atoms with Gasteiger partial charge in [-0.3, -0.25) is 4.90 Å². The average molecular weight is 241 g/mol. The Morgan fingerprint density at radius 1 is 1.75 bits per heavy atom. The molecule has 0 saturated carbocycles. The van der Waals surface area contributed by atoms with Gasteiger partial charge in [0.25, 0.3) is 0 Å². The number of hydrogen-bond donors (Lipinski definition) is 1. The minimum atomic E-state index is 0.0101. The van der Waals surface area contributed by atoms with Crippen LogP contribution < -0.4 is 5.73 Å². The van der Waals surface area contributed by atoms with E-state index in [0.717, 1.165) is 36.9 Å². The Bertz CT molecular complexity index is 340. The fourth-order valence-corrected chi connectivity index (χ4v) is 2.76. The first-order chi connectivity index (χ1) is 7.70. The van der Waals surface area contributed by atoms with E-state index in [1.54, 1.807) is 11.3 Å². The Hall–Kier alpha value is -0.490. The van der Waals surface area contributed by atoms with Crippen LogP contribution in [0.25, 0.3) is 0 Å². The molecular weight excluding hydrogens is 222 g/mol. The van der Waals surface area contributed by atoms with Gasteiger partial charge in [0, 0.05) is 24.5 Å². The Kier molecular flexibility index (Phi) is 3.91. The lowest BCUT2D eigenvalue weighted by Crippen LogP contribution is -2.38. The van der Waals surface area contributed by atoms with Gasteiger partial charge in [-0.25, -0.2) is 4.98 Å². The van der Waals surface area contributed by atoms with E-state index >= 15 is 0 Å². The summed E-state index contributed by atoms with van der Waals surface area (Å²) in [6, 6.07) is 0.0101. The predicted molar refractivity (Wildman–Crippen MR) is 65.5 cm³/mol. The Balaban J connectivity index is 2.05. The quantitative estimate of drug-likeness (QED) is 0.872. The van der Waals surface area contributed by atoms with Crippen molar-refractivity contribution < 1.29 is 4.74 Å². The fourth-order valence-electron chi connectivity index (χ4n) is 1.80. The molecular formula is C11H19N3OS. The van der Waals surface area contributed by atoms with Gasteiger partial charge in [0.05, 0.1) is 12.3 Å². The molecule has 2 N–H and O–H groups in total. The molecule has 90 valence electrons. The number of aromatic nitrogens is 1. The van der Waals surface area contributed by atoms with Crippen LogP contribution in [0.5, 0.6) is 0 Å². The molecule has 0 spiro atoms. The number of thiazole rings is 1. The van der Waals surface area contributed by atoms with Crippen LogP contribution in [0.2, 0.25) is 0 Å². The summed E-state index contributed by atoms with van der Waals surface area (Å²) in [4.78, 5) is 6.93. The monoisotopic (exact) mass is 241 g/mol. The molecule has 0 radical (unpaired) electrons. The van der Waals surface area contributed by atoms with E-state index in [9.17, 15) is 0 Å². The van der Waals surface area contributed by atoms with Crippen molar-refractivity contribution in [3.8, 4) is 0 Å². The van der Waals surface area contributed by atoms with Crippen LogP contribution in [-0.2, 0) is 4.74 Å². The fraction of sp³-hybridized carbons (Fsp3) is 0.727. The smallest absolute Gasteiger partial charge is 0.123 e. The maximum atomic E-state index is 5.80. The standard InChI is InChI=1S/C11H19N3OS/c1-3-14-4-5-15-10(6-14)11-13-9(7-16-11)8(2)12/h7-8,10H,3-6,12H2,1-2H3. The van der Waals surface area contributed by atoms with Gasteiger partial charge in [-0.1, -0.05) is 6.92 Å². The van der Waals surface area contributed by atoms with Crippen LogP contribution >= 0.6 is 11.3 Å². The van der Waals surface area contributed by atoms with Crippen molar-refractivity contribution in [3.05, 3.63) is 16.1 Å². The second-order valence-electron chi connectivity index (χ2n) is 4.15. The Labute approximate surface area is 100 Å². The maximum Gasteiger partial charge on any atom is 0.123 e. The third-order valence-electron chi connectivity index (χ3n) is 2.88. The molecule has 4 nitrogen and oxygen atoms in total. The van der Waals surface area contributed by atoms with Gasteiger partial charge in [-0.05, 0) is 13.5 Å². The van der Waals surface area contributed by atoms with Crippen LogP contribution in [0.1, 0.15) is 36.7 Å². The maximum absolute atomic E-state index is 5.80. The summed E-state index contributed by atoms with van der Waals surface area (Å²) in [6.45, 7) is 7.98. The molecule has 2 heterocycles. The van der Waals surface area contributed by atoms with Crippen molar-refractivity contribution in [1.82, 2.24) is 9.88 Å². The normalized spacial score (nSPS) is 24.6. The second kappa shape index (κ2) is 5.23. The van der Waals surface area contributed by atoms with E-state index in [-0.39, 0.29) is 12.1 Å². The van der Waals surface area contributed by atoms with Crippen molar-refractivity contribution in [2.45, 2.75) is 26.0 Å². The van der Waals surface area contributed by atoms with Crippen LogP contribution in [0.4, 0.5) is 0 Å². The Morgan fingerprint density at radius 2 is 2.56 bits per heavy atom. The van der Waals surface area contributed by atoms with Crippen molar-refractivity contribution in [2.24, 2.45) is 5.73 Å². The molecule has 1 aliphatic rings. The molecule has 1 aromatic heterocycles. The van der Waals surface area contributed by atoms with Crippen molar-refractivity contribution >= 4 is 11.3 Å². The molecule has 0 amide bonds. The van der Waals surface area contributed by atoms with Gasteiger partial charge in [0.15, 0.2) is 0 Å². The molecule has 1 aliphatic heterocycles. The number of morpholine rings is 1. The molecule has 0 aliphatic carbocycles. The lowest BCUT2D eigenvalue weighted by molar-refractivity contribution is -0.0283. The molecule has 16 heavy (non-hydrogen) atoms. The van der Waals surface area contributed by atoms with Gasteiger partial charge < -0.3 is 10.5 Å². The molecule has 1 aromatic rings. The van der Waals surface area contributed by atoms with Crippen LogP contribution in [-0.4, -0.2) is 36.1 Å². The summed E-state index contributed by atoms with van der Waals surface area (Å²) < 4.78 is 5.75. The van der Waals surface area contributed by atoms with E-state index in [4.69, 9.17) is 10.5 Å². The molecule has 5 heteroatoms. The van der Waals surface area contributed by atoms with E-state index < -0.39 is 0 Å². The van der Waals surface area contributed by atoms with Crippen molar-refractivity contribution in [3.63, 3.8) is 0 Å². The zero-order valence-corrected chi connectivity index (χ0v) is 10.7. The van der Waals surface area contributed by atoms with Crippen LogP contribution in [0, 0.1) is 0 Å². The highest BCUT2D eigenvalue weighted by atomic mass is 32.1. The zero-order chi connectivity index (χ0) is 11.5. The van der Waals surface area contributed by atoms with Crippen molar-refractivity contribution in [1.29, 1.82) is 0 Å². The molecule has 2 rings (SSSR count).